The van der Waals surface area contributed by atoms with Crippen LogP contribution in [0.4, 0.5) is 11.4 Å². The molecule has 3 rings (SSSR count). The maximum atomic E-state index is 12.3. The summed E-state index contributed by atoms with van der Waals surface area (Å²) < 4.78 is 6.59. The van der Waals surface area contributed by atoms with E-state index < -0.39 is 0 Å². The van der Waals surface area contributed by atoms with Crippen LogP contribution >= 0.6 is 15.9 Å². The van der Waals surface area contributed by atoms with Crippen LogP contribution in [-0.4, -0.2) is 11.0 Å². The molecule has 0 saturated heterocycles. The zero-order valence-corrected chi connectivity index (χ0v) is 14.7. The minimum absolute atomic E-state index is 0.153. The lowest BCUT2D eigenvalue weighted by molar-refractivity contribution is 0.102. The van der Waals surface area contributed by atoms with Gasteiger partial charge in [0.1, 0.15) is 17.2 Å². The number of nitrogen functional groups attached to an aromatic ring is 1. The molecule has 0 spiro atoms. The number of halogens is 1. The van der Waals surface area contributed by atoms with Crippen LogP contribution in [0.3, 0.4) is 0 Å². The Kier molecular flexibility index (Phi) is 4.90. The molecule has 126 valence electrons. The molecule has 3 aromatic rings. The summed E-state index contributed by atoms with van der Waals surface area (Å²) in [7, 11) is 0. The van der Waals surface area contributed by atoms with E-state index >= 15 is 0 Å². The van der Waals surface area contributed by atoms with Gasteiger partial charge < -0.3 is 20.9 Å². The average Bonchev–Trinajstić information content (AvgIpc) is 2.60. The summed E-state index contributed by atoms with van der Waals surface area (Å²) in [6.07, 6.45) is 0. The molecule has 1 amide bonds. The number of hydrogen-bond acceptors (Lipinski definition) is 4. The molecule has 0 fully saturated rings. The topological polar surface area (TPSA) is 84.6 Å². The first-order valence-electron chi connectivity index (χ1n) is 7.44. The fourth-order valence-corrected chi connectivity index (χ4v) is 2.42. The van der Waals surface area contributed by atoms with Gasteiger partial charge in [-0.05, 0) is 66.7 Å². The van der Waals surface area contributed by atoms with Crippen molar-refractivity contribution in [2.45, 2.75) is 0 Å². The van der Waals surface area contributed by atoms with Crippen molar-refractivity contribution < 1.29 is 14.6 Å². The maximum Gasteiger partial charge on any atom is 0.255 e. The van der Waals surface area contributed by atoms with Gasteiger partial charge in [0.15, 0.2) is 0 Å². The zero-order valence-electron chi connectivity index (χ0n) is 13.1. The van der Waals surface area contributed by atoms with Gasteiger partial charge >= 0.3 is 0 Å². The molecule has 0 aromatic heterocycles. The quantitative estimate of drug-likeness (QED) is 0.552. The zero-order chi connectivity index (χ0) is 17.8. The Bertz CT molecular complexity index is 894. The Morgan fingerprint density at radius 1 is 1.00 bits per heavy atom. The number of anilines is 2. The number of nitrogens with two attached hydrogens (primary N) is 1. The van der Waals surface area contributed by atoms with Gasteiger partial charge in [0.05, 0.1) is 5.69 Å². The third-order valence-corrected chi connectivity index (χ3v) is 3.97. The first-order chi connectivity index (χ1) is 12.0. The molecular weight excluding hydrogens is 384 g/mol. The molecule has 4 N–H and O–H groups in total. The number of phenolic OH excluding ortho intramolecular Hbond substituents is 1. The van der Waals surface area contributed by atoms with Crippen LogP contribution in [0.2, 0.25) is 0 Å². The molecule has 0 bridgehead atoms. The number of phenols is 1. The number of rotatable bonds is 4. The van der Waals surface area contributed by atoms with Gasteiger partial charge in [-0.2, -0.15) is 0 Å². The number of carbonyl (C=O) groups excluding carboxylic acids is 1. The van der Waals surface area contributed by atoms with Gasteiger partial charge in [0.2, 0.25) is 0 Å². The third kappa shape index (κ3) is 4.30. The van der Waals surface area contributed by atoms with Crippen molar-refractivity contribution in [3.05, 3.63) is 76.8 Å². The highest BCUT2D eigenvalue weighted by Crippen LogP contribution is 2.29. The van der Waals surface area contributed by atoms with E-state index in [1.165, 1.54) is 12.1 Å². The summed E-state index contributed by atoms with van der Waals surface area (Å²) in [6.45, 7) is 0. The van der Waals surface area contributed by atoms with Gasteiger partial charge in [-0.1, -0.05) is 15.9 Å². The fourth-order valence-electron chi connectivity index (χ4n) is 2.16. The van der Waals surface area contributed by atoms with E-state index in [-0.39, 0.29) is 11.7 Å². The Hall–Kier alpha value is -2.99. The molecule has 0 heterocycles. The number of hydrogen-bond donors (Lipinski definition) is 3. The van der Waals surface area contributed by atoms with Crippen LogP contribution < -0.4 is 15.8 Å². The predicted molar refractivity (Wildman–Crippen MR) is 101 cm³/mol. The molecule has 0 aliphatic rings. The van der Waals surface area contributed by atoms with Crippen LogP contribution in [0.1, 0.15) is 10.4 Å². The van der Waals surface area contributed by atoms with Gasteiger partial charge in [-0.3, -0.25) is 4.79 Å². The summed E-state index contributed by atoms with van der Waals surface area (Å²) >= 11 is 3.35. The number of benzene rings is 3. The van der Waals surface area contributed by atoms with Crippen LogP contribution in [0, 0.1) is 0 Å². The van der Waals surface area contributed by atoms with E-state index in [0.29, 0.717) is 28.4 Å². The Morgan fingerprint density at radius 3 is 2.32 bits per heavy atom. The summed E-state index contributed by atoms with van der Waals surface area (Å²) in [5, 5.41) is 12.1. The van der Waals surface area contributed by atoms with Crippen molar-refractivity contribution in [2.75, 3.05) is 11.1 Å². The summed E-state index contributed by atoms with van der Waals surface area (Å²) in [5.74, 6) is 0.868. The van der Waals surface area contributed by atoms with Gasteiger partial charge in [-0.15, -0.1) is 0 Å². The molecule has 0 unspecified atom stereocenters. The highest BCUT2D eigenvalue weighted by molar-refractivity contribution is 9.10. The first kappa shape index (κ1) is 16.9. The molecular formula is C19H15BrN2O3. The monoisotopic (exact) mass is 398 g/mol. The minimum Gasteiger partial charge on any atom is -0.508 e. The molecule has 0 atom stereocenters. The number of ether oxygens (including phenoxy) is 1. The molecule has 5 nitrogen and oxygen atoms in total. The van der Waals surface area contributed by atoms with Crippen molar-refractivity contribution in [1.82, 2.24) is 0 Å². The van der Waals surface area contributed by atoms with Crippen molar-refractivity contribution in [3.8, 4) is 17.2 Å². The number of aromatic hydroxyl groups is 1. The van der Waals surface area contributed by atoms with Crippen LogP contribution in [0.15, 0.2) is 71.2 Å². The van der Waals surface area contributed by atoms with E-state index in [2.05, 4.69) is 21.2 Å². The van der Waals surface area contributed by atoms with Gasteiger partial charge in [0, 0.05) is 15.7 Å². The second-order valence-corrected chi connectivity index (χ2v) is 6.23. The van der Waals surface area contributed by atoms with Crippen LogP contribution in [-0.2, 0) is 0 Å². The molecule has 0 radical (unpaired) electrons. The van der Waals surface area contributed by atoms with E-state index in [1.807, 2.05) is 12.1 Å². The third-order valence-electron chi connectivity index (χ3n) is 3.44. The van der Waals surface area contributed by atoms with Crippen LogP contribution in [0.5, 0.6) is 17.2 Å². The van der Waals surface area contributed by atoms with Crippen molar-refractivity contribution >= 4 is 33.2 Å². The standard InChI is InChI=1S/C19H15BrN2O3/c20-13-2-4-14(5-3-13)22-19(24)12-1-10-18(17(21)11-12)25-16-8-6-15(23)7-9-16/h1-11,23H,21H2,(H,22,24). The van der Waals surface area contributed by atoms with E-state index in [0.717, 1.165) is 4.47 Å². The van der Waals surface area contributed by atoms with Crippen molar-refractivity contribution in [2.24, 2.45) is 0 Å². The normalized spacial score (nSPS) is 10.3. The average molecular weight is 399 g/mol. The first-order valence-corrected chi connectivity index (χ1v) is 8.24. The summed E-state index contributed by atoms with van der Waals surface area (Å²) in [5.41, 5.74) is 7.45. The molecule has 0 aliphatic carbocycles. The molecule has 0 aliphatic heterocycles. The Morgan fingerprint density at radius 2 is 1.68 bits per heavy atom. The largest absolute Gasteiger partial charge is 0.508 e. The Labute approximate surface area is 153 Å². The highest BCUT2D eigenvalue weighted by Gasteiger charge is 2.10. The smallest absolute Gasteiger partial charge is 0.255 e. The molecule has 0 saturated carbocycles. The number of nitrogens with one attached hydrogen (secondary N) is 1. The Balaban J connectivity index is 1.73. The van der Waals surface area contributed by atoms with E-state index in [1.54, 1.807) is 42.5 Å². The lowest BCUT2D eigenvalue weighted by atomic mass is 10.1. The highest BCUT2D eigenvalue weighted by atomic mass is 79.9. The van der Waals surface area contributed by atoms with Gasteiger partial charge in [-0.25, -0.2) is 0 Å². The van der Waals surface area contributed by atoms with Crippen molar-refractivity contribution in [3.63, 3.8) is 0 Å². The summed E-state index contributed by atoms with van der Waals surface area (Å²) in [4.78, 5) is 12.3. The lowest BCUT2D eigenvalue weighted by Crippen LogP contribution is -2.12. The SMILES string of the molecule is Nc1cc(C(=O)Nc2ccc(Br)cc2)ccc1Oc1ccc(O)cc1. The number of carbonyl (C=O) groups is 1. The van der Waals surface area contributed by atoms with Gasteiger partial charge in [0.25, 0.3) is 5.91 Å². The second kappa shape index (κ2) is 7.27. The molecule has 6 heteroatoms. The fraction of sp³-hybridized carbons (Fsp3) is 0. The summed E-state index contributed by atoms with van der Waals surface area (Å²) in [6, 6.07) is 18.4. The molecule has 3 aromatic carbocycles. The minimum atomic E-state index is -0.259. The van der Waals surface area contributed by atoms with Crippen LogP contribution in [0.25, 0.3) is 0 Å². The van der Waals surface area contributed by atoms with Crippen molar-refractivity contribution in [1.29, 1.82) is 0 Å². The number of amides is 1. The lowest BCUT2D eigenvalue weighted by Gasteiger charge is -2.11. The van der Waals surface area contributed by atoms with E-state index in [4.69, 9.17) is 10.5 Å². The predicted octanol–water partition coefficient (Wildman–Crippen LogP) is 4.78. The second-order valence-electron chi connectivity index (χ2n) is 5.31. The maximum absolute atomic E-state index is 12.3. The molecule has 25 heavy (non-hydrogen) atoms. The van der Waals surface area contributed by atoms with E-state index in [9.17, 15) is 9.90 Å².